The number of oxazole rings is 1. The highest BCUT2D eigenvalue weighted by Crippen LogP contribution is 2.37. The third-order valence-corrected chi connectivity index (χ3v) is 7.16. The minimum Gasteiger partial charge on any atom is -0.481 e. The van der Waals surface area contributed by atoms with Crippen molar-refractivity contribution in [2.75, 3.05) is 0 Å². The molecule has 1 N–H and O–H groups in total. The van der Waals surface area contributed by atoms with Crippen LogP contribution in [-0.2, 0) is 22.6 Å². The summed E-state index contributed by atoms with van der Waals surface area (Å²) in [6.45, 7) is 5.68. The smallest absolute Gasteiger partial charge is 0.481 e. The zero-order valence-corrected chi connectivity index (χ0v) is 22.7. The summed E-state index contributed by atoms with van der Waals surface area (Å²) in [5.41, 5.74) is -1.20. The highest BCUT2D eigenvalue weighted by Gasteiger charge is 2.34. The minimum absolute atomic E-state index is 0.0337. The van der Waals surface area contributed by atoms with Gasteiger partial charge in [-0.3, -0.25) is 18.7 Å². The molecule has 40 heavy (non-hydrogen) atoms. The van der Waals surface area contributed by atoms with Crippen molar-refractivity contribution in [2.45, 2.75) is 59.4 Å². The van der Waals surface area contributed by atoms with Crippen LogP contribution in [0.3, 0.4) is 0 Å². The van der Waals surface area contributed by atoms with Crippen LogP contribution in [-0.4, -0.2) is 37.7 Å². The van der Waals surface area contributed by atoms with Crippen molar-refractivity contribution in [1.29, 1.82) is 0 Å². The van der Waals surface area contributed by atoms with Crippen molar-refractivity contribution >= 4 is 27.5 Å². The summed E-state index contributed by atoms with van der Waals surface area (Å²) in [5, 5.41) is 9.53. The number of rotatable bonds is 10. The molecule has 14 heteroatoms. The van der Waals surface area contributed by atoms with Crippen LogP contribution in [0.2, 0.25) is 0 Å². The molecule has 0 aliphatic rings. The maximum atomic E-state index is 13.8. The Morgan fingerprint density at radius 2 is 1.85 bits per heavy atom. The lowest BCUT2D eigenvalue weighted by molar-refractivity contribution is -0.275. The number of aryl methyl sites for hydroxylation is 1. The zero-order valence-electron chi connectivity index (χ0n) is 21.9. The average molecular weight is 582 g/mol. The Morgan fingerprint density at radius 3 is 2.45 bits per heavy atom. The Labute approximate surface area is 229 Å². The van der Waals surface area contributed by atoms with E-state index in [4.69, 9.17) is 9.15 Å². The molecule has 0 saturated heterocycles. The maximum absolute atomic E-state index is 13.8. The predicted molar refractivity (Wildman–Crippen MR) is 139 cm³/mol. The second-order valence-electron chi connectivity index (χ2n) is 9.36. The normalized spacial score (nSPS) is 13.6. The molecule has 0 fully saturated rings. The lowest BCUT2D eigenvalue weighted by Gasteiger charge is -2.25. The van der Waals surface area contributed by atoms with E-state index in [1.54, 1.807) is 20.8 Å². The maximum Gasteiger partial charge on any atom is 0.573 e. The third kappa shape index (κ3) is 5.97. The number of thiophene rings is 1. The van der Waals surface area contributed by atoms with Crippen molar-refractivity contribution in [3.05, 3.63) is 68.0 Å². The molecule has 1 aromatic carbocycles. The summed E-state index contributed by atoms with van der Waals surface area (Å²) in [6, 6.07) is 5.43. The number of carboxylic acids is 1. The lowest BCUT2D eigenvalue weighted by atomic mass is 10.1. The average Bonchev–Trinajstić information content (AvgIpc) is 3.50. The Bertz CT molecular complexity index is 1640. The molecule has 4 aromatic rings. The van der Waals surface area contributed by atoms with Crippen LogP contribution in [0.25, 0.3) is 21.7 Å². The van der Waals surface area contributed by atoms with Crippen molar-refractivity contribution in [1.82, 2.24) is 14.1 Å². The fourth-order valence-corrected chi connectivity index (χ4v) is 5.46. The van der Waals surface area contributed by atoms with Crippen molar-refractivity contribution in [2.24, 2.45) is 5.92 Å². The first-order valence-electron chi connectivity index (χ1n) is 12.2. The van der Waals surface area contributed by atoms with E-state index in [2.05, 4.69) is 9.72 Å². The van der Waals surface area contributed by atoms with Crippen molar-refractivity contribution in [3.63, 3.8) is 0 Å². The van der Waals surface area contributed by atoms with Crippen molar-refractivity contribution in [3.8, 4) is 17.2 Å². The molecule has 3 heterocycles. The minimum atomic E-state index is -4.97. The van der Waals surface area contributed by atoms with Gasteiger partial charge in [-0.15, -0.1) is 24.5 Å². The van der Waals surface area contributed by atoms with E-state index in [9.17, 15) is 32.7 Å². The molecule has 0 bridgehead atoms. The molecule has 214 valence electrons. The van der Waals surface area contributed by atoms with Gasteiger partial charge in [-0.05, 0) is 26.8 Å². The summed E-state index contributed by atoms with van der Waals surface area (Å²) in [6.07, 6.45) is -3.85. The summed E-state index contributed by atoms with van der Waals surface area (Å²) in [4.78, 5) is 44.0. The van der Waals surface area contributed by atoms with Gasteiger partial charge in [-0.1, -0.05) is 25.1 Å². The molecule has 0 aliphatic heterocycles. The van der Waals surface area contributed by atoms with Gasteiger partial charge in [0.05, 0.1) is 35.7 Å². The van der Waals surface area contributed by atoms with E-state index in [0.29, 0.717) is 10.4 Å². The standard InChI is InChI=1S/C26H26F3N3O7S/c1-13(2)38-18(16-7-5-6-8-17(16)39-26(27,28)29)12-32-23-20(19(15(4)40-23)21-30-9-10-37-21)22(33)31(25(32)36)11-14(3)24(34)35/h5-10,13-14,18H,11-12H2,1-4H3,(H,34,35)/t14-,18?/m1/s1. The highest BCUT2D eigenvalue weighted by atomic mass is 32.1. The number of halogens is 3. The second-order valence-corrected chi connectivity index (χ2v) is 10.6. The summed E-state index contributed by atoms with van der Waals surface area (Å²) >= 11 is 1.10. The van der Waals surface area contributed by atoms with Crippen molar-refractivity contribution < 1.29 is 37.0 Å². The molecule has 2 atom stereocenters. The first-order valence-corrected chi connectivity index (χ1v) is 13.0. The molecule has 0 amide bonds. The molecule has 3 aromatic heterocycles. The predicted octanol–water partition coefficient (Wildman–Crippen LogP) is 4.97. The number of aliphatic carboxylic acids is 1. The van der Waals surface area contributed by atoms with Gasteiger partial charge in [0, 0.05) is 17.0 Å². The Hall–Kier alpha value is -3.91. The monoisotopic (exact) mass is 581 g/mol. The quantitative estimate of drug-likeness (QED) is 0.278. The van der Waals surface area contributed by atoms with E-state index < -0.39 is 54.0 Å². The fourth-order valence-electron chi connectivity index (χ4n) is 4.32. The Kier molecular flexibility index (Phi) is 8.21. The van der Waals surface area contributed by atoms with Gasteiger partial charge in [0.25, 0.3) is 5.56 Å². The molecular formula is C26H26F3N3O7S. The molecule has 4 rings (SSSR count). The zero-order chi connectivity index (χ0) is 29.4. The van der Waals surface area contributed by atoms with E-state index in [1.165, 1.54) is 42.1 Å². The van der Waals surface area contributed by atoms with Crippen LogP contribution in [0, 0.1) is 12.8 Å². The number of hydrogen-bond acceptors (Lipinski definition) is 8. The van der Waals surface area contributed by atoms with Crippen LogP contribution in [0.5, 0.6) is 5.75 Å². The first-order chi connectivity index (χ1) is 18.8. The number of benzene rings is 1. The molecule has 0 radical (unpaired) electrons. The van der Waals surface area contributed by atoms with Gasteiger partial charge >= 0.3 is 18.0 Å². The number of nitrogens with zero attached hydrogens (tertiary/aromatic N) is 3. The van der Waals surface area contributed by atoms with E-state index >= 15 is 0 Å². The molecule has 1 unspecified atom stereocenters. The largest absolute Gasteiger partial charge is 0.573 e. The van der Waals surface area contributed by atoms with Crippen LogP contribution in [0.15, 0.2) is 50.7 Å². The molecule has 0 aliphatic carbocycles. The number of aromatic nitrogens is 3. The number of hydrogen-bond donors (Lipinski definition) is 1. The van der Waals surface area contributed by atoms with Crippen LogP contribution >= 0.6 is 11.3 Å². The SMILES string of the molecule is Cc1sc2c(c1-c1ncco1)c(=O)n(C[C@@H](C)C(=O)O)c(=O)n2CC(OC(C)C)c1ccccc1OC(F)(F)F. The van der Waals surface area contributed by atoms with Gasteiger partial charge in [-0.2, -0.15) is 0 Å². The molecule has 0 saturated carbocycles. The van der Waals surface area contributed by atoms with E-state index in [-0.39, 0.29) is 28.2 Å². The summed E-state index contributed by atoms with van der Waals surface area (Å²) in [5.74, 6) is -2.68. The van der Waals surface area contributed by atoms with Crippen LogP contribution in [0.1, 0.15) is 37.3 Å². The van der Waals surface area contributed by atoms with Gasteiger partial charge in [-0.25, -0.2) is 9.78 Å². The van der Waals surface area contributed by atoms with E-state index in [1.807, 2.05) is 0 Å². The topological polar surface area (TPSA) is 126 Å². The van der Waals surface area contributed by atoms with Gasteiger partial charge < -0.3 is 19.0 Å². The number of ether oxygens (including phenoxy) is 2. The fraction of sp³-hybridized carbons (Fsp3) is 0.385. The summed E-state index contributed by atoms with van der Waals surface area (Å²) < 4.78 is 57.3. The number of carboxylic acid groups (broad SMARTS) is 1. The second kappa shape index (κ2) is 11.3. The molecular weight excluding hydrogens is 555 g/mol. The number of para-hydroxylation sites is 1. The first kappa shape index (κ1) is 29.1. The van der Waals surface area contributed by atoms with E-state index in [0.717, 1.165) is 22.0 Å². The Balaban J connectivity index is 1.98. The number of carbonyl (C=O) groups is 1. The van der Waals surface area contributed by atoms with Crippen LogP contribution in [0.4, 0.5) is 13.2 Å². The van der Waals surface area contributed by atoms with Gasteiger partial charge in [0.1, 0.15) is 22.9 Å². The third-order valence-electron chi connectivity index (χ3n) is 6.03. The number of fused-ring (bicyclic) bond motifs is 1. The molecule has 0 spiro atoms. The van der Waals surface area contributed by atoms with Crippen LogP contribution < -0.4 is 16.0 Å². The van der Waals surface area contributed by atoms with Gasteiger partial charge in [0.2, 0.25) is 5.89 Å². The highest BCUT2D eigenvalue weighted by molar-refractivity contribution is 7.19. The number of alkyl halides is 3. The Morgan fingerprint density at radius 1 is 1.15 bits per heavy atom. The summed E-state index contributed by atoms with van der Waals surface area (Å²) in [7, 11) is 0. The lowest BCUT2D eigenvalue weighted by Crippen LogP contribution is -2.42. The molecule has 10 nitrogen and oxygen atoms in total. The van der Waals surface area contributed by atoms with Gasteiger partial charge in [0.15, 0.2) is 0 Å².